The van der Waals surface area contributed by atoms with Crippen LogP contribution in [0.4, 0.5) is 0 Å². The van der Waals surface area contributed by atoms with Crippen molar-refractivity contribution in [3.05, 3.63) is 0 Å². The van der Waals surface area contributed by atoms with Gasteiger partial charge in [-0.15, -0.1) is 92.8 Å². The van der Waals surface area contributed by atoms with Crippen LogP contribution in [0.5, 0.6) is 0 Å². The smallest absolute Gasteiger partial charge is 0.123 e. The Bertz CT molecular complexity index is 339. The largest absolute Gasteiger partial charge is 0.126 e. The van der Waals surface area contributed by atoms with Crippen molar-refractivity contribution in [3.8, 4) is 0 Å². The second-order valence-electron chi connectivity index (χ2n) is 5.03. The third kappa shape index (κ3) is 1.80. The Balaban J connectivity index is 2.65. The fraction of sp³-hybridized carbons (Fsp3) is 1.00. The average molecular weight is 414 g/mol. The van der Waals surface area contributed by atoms with E-state index in [4.69, 9.17) is 92.8 Å². The molecule has 0 heterocycles. The van der Waals surface area contributed by atoms with Gasteiger partial charge in [0.1, 0.15) is 9.17 Å². The van der Waals surface area contributed by atoms with Crippen LogP contribution >= 0.6 is 92.8 Å². The third-order valence-corrected chi connectivity index (χ3v) is 8.23. The van der Waals surface area contributed by atoms with Gasteiger partial charge >= 0.3 is 0 Å². The summed E-state index contributed by atoms with van der Waals surface area (Å²) < 4.78 is -1.07. The minimum Gasteiger partial charge on any atom is -0.126 e. The average Bonchev–Trinajstić information content (AvgIpc) is 2.62. The van der Waals surface area contributed by atoms with Gasteiger partial charge in [0, 0.05) is 28.5 Å². The molecule has 8 heteroatoms. The molecular formula is C10H10Cl8. The second kappa shape index (κ2) is 5.20. The number of hydrogen-bond acceptors (Lipinski definition) is 0. The number of rotatable bonds is 3. The van der Waals surface area contributed by atoms with E-state index < -0.39 is 30.8 Å². The van der Waals surface area contributed by atoms with Gasteiger partial charge in [-0.25, -0.2) is 0 Å². The molecule has 0 nitrogen and oxygen atoms in total. The van der Waals surface area contributed by atoms with Gasteiger partial charge in [-0.05, 0) is 6.42 Å². The lowest BCUT2D eigenvalue weighted by molar-refractivity contribution is 0.156. The predicted octanol–water partition coefficient (Wildman–Crippen LogP) is 5.66. The fourth-order valence-electron chi connectivity index (χ4n) is 3.60. The molecule has 0 aliphatic heterocycles. The van der Waals surface area contributed by atoms with Gasteiger partial charge in [0.15, 0.2) is 0 Å². The SMILES string of the molecule is ClCC1(CCl)C2C(Cl)C(Cl)C1(C(Cl)Cl)CC2(Cl)Cl. The summed E-state index contributed by atoms with van der Waals surface area (Å²) in [5, 5.41) is -0.930. The summed E-state index contributed by atoms with van der Waals surface area (Å²) >= 11 is 50.3. The topological polar surface area (TPSA) is 0 Å². The lowest BCUT2D eigenvalue weighted by atomic mass is 9.70. The van der Waals surface area contributed by atoms with E-state index in [1.165, 1.54) is 0 Å². The van der Waals surface area contributed by atoms with Crippen molar-refractivity contribution in [2.45, 2.75) is 26.3 Å². The molecule has 0 saturated heterocycles. The molecule has 0 spiro atoms. The Morgan fingerprint density at radius 1 is 1.06 bits per heavy atom. The van der Waals surface area contributed by atoms with Gasteiger partial charge in [0.05, 0.1) is 10.8 Å². The summed E-state index contributed by atoms with van der Waals surface area (Å²) in [7, 11) is 0. The molecule has 0 radical (unpaired) electrons. The number of fused-ring (bicyclic) bond motifs is 2. The standard InChI is InChI=1S/C10H10Cl8/c11-2-8(3-12)5-4(13)6(14)9(8,7(15)16)1-10(5,17)18/h4-7H,1-3H2. The molecule has 2 rings (SSSR count). The van der Waals surface area contributed by atoms with Crippen LogP contribution in [0.25, 0.3) is 0 Å². The van der Waals surface area contributed by atoms with Crippen molar-refractivity contribution in [2.75, 3.05) is 11.8 Å². The molecule has 0 aromatic heterocycles. The predicted molar refractivity (Wildman–Crippen MR) is 83.6 cm³/mol. The molecule has 106 valence electrons. The van der Waals surface area contributed by atoms with Crippen molar-refractivity contribution >= 4 is 92.8 Å². The highest BCUT2D eigenvalue weighted by Gasteiger charge is 2.80. The van der Waals surface area contributed by atoms with Crippen LogP contribution < -0.4 is 0 Å². The molecule has 0 amide bonds. The molecule has 2 bridgehead atoms. The van der Waals surface area contributed by atoms with Crippen LogP contribution in [-0.4, -0.2) is 31.7 Å². The van der Waals surface area contributed by atoms with E-state index in [2.05, 4.69) is 0 Å². The first-order chi connectivity index (χ1) is 8.21. The summed E-state index contributed by atoms with van der Waals surface area (Å²) in [5.41, 5.74) is -1.44. The first-order valence-electron chi connectivity index (χ1n) is 5.27. The van der Waals surface area contributed by atoms with Gasteiger partial charge in [0.25, 0.3) is 0 Å². The maximum atomic E-state index is 6.44. The highest BCUT2D eigenvalue weighted by molar-refractivity contribution is 6.51. The third-order valence-electron chi connectivity index (χ3n) is 4.46. The molecule has 2 aliphatic carbocycles. The Labute approximate surface area is 146 Å². The number of halogens is 8. The Kier molecular flexibility index (Phi) is 4.82. The van der Waals surface area contributed by atoms with Gasteiger partial charge in [-0.1, -0.05) is 0 Å². The molecule has 0 aromatic rings. The Morgan fingerprint density at radius 3 is 1.89 bits per heavy atom. The van der Waals surface area contributed by atoms with E-state index in [-0.39, 0.29) is 17.7 Å². The molecule has 4 atom stereocenters. The number of alkyl halides is 8. The normalized spacial score (nSPS) is 44.8. The Hall–Kier alpha value is 2.32. The van der Waals surface area contributed by atoms with E-state index in [0.717, 1.165) is 0 Å². The van der Waals surface area contributed by atoms with Gasteiger partial charge in [-0.2, -0.15) is 0 Å². The van der Waals surface area contributed by atoms with Crippen molar-refractivity contribution < 1.29 is 0 Å². The molecule has 2 aliphatic rings. The summed E-state index contributed by atoms with van der Waals surface area (Å²) in [4.78, 5) is -0.789. The fourth-order valence-corrected chi connectivity index (χ4v) is 8.21. The van der Waals surface area contributed by atoms with Crippen LogP contribution in [-0.2, 0) is 0 Å². The number of hydrogen-bond donors (Lipinski definition) is 0. The van der Waals surface area contributed by atoms with E-state index in [0.29, 0.717) is 6.42 Å². The van der Waals surface area contributed by atoms with E-state index >= 15 is 0 Å². The van der Waals surface area contributed by atoms with E-state index in [9.17, 15) is 0 Å². The zero-order valence-corrected chi connectivity index (χ0v) is 15.0. The maximum Gasteiger partial charge on any atom is 0.123 e. The first kappa shape index (κ1) is 16.7. The molecule has 2 saturated carbocycles. The molecule has 18 heavy (non-hydrogen) atoms. The van der Waals surface area contributed by atoms with Crippen molar-refractivity contribution in [2.24, 2.45) is 16.7 Å². The molecule has 4 unspecified atom stereocenters. The zero-order valence-electron chi connectivity index (χ0n) is 8.95. The van der Waals surface area contributed by atoms with Crippen molar-refractivity contribution in [1.82, 2.24) is 0 Å². The summed E-state index contributed by atoms with van der Waals surface area (Å²) in [6.07, 6.45) is 0.336. The Morgan fingerprint density at radius 2 is 1.56 bits per heavy atom. The molecule has 0 N–H and O–H groups in total. The minimum atomic E-state index is -1.07. The lowest BCUT2D eigenvalue weighted by Crippen LogP contribution is -2.48. The monoisotopic (exact) mass is 410 g/mol. The van der Waals surface area contributed by atoms with Gasteiger partial charge in [0.2, 0.25) is 0 Å². The highest BCUT2D eigenvalue weighted by atomic mass is 35.5. The zero-order chi connectivity index (χ0) is 13.9. The molecule has 0 aromatic carbocycles. The minimum absolute atomic E-state index is 0.213. The summed E-state index contributed by atoms with van der Waals surface area (Å²) in [6, 6.07) is 0. The first-order valence-corrected chi connectivity index (χ1v) is 8.84. The second-order valence-corrected chi connectivity index (χ2v) is 9.17. The van der Waals surface area contributed by atoms with Crippen LogP contribution in [0, 0.1) is 16.7 Å². The van der Waals surface area contributed by atoms with Crippen LogP contribution in [0.1, 0.15) is 6.42 Å². The van der Waals surface area contributed by atoms with Crippen molar-refractivity contribution in [3.63, 3.8) is 0 Å². The highest BCUT2D eigenvalue weighted by Crippen LogP contribution is 2.77. The van der Waals surface area contributed by atoms with Gasteiger partial charge < -0.3 is 0 Å². The summed E-state index contributed by atoms with van der Waals surface area (Å²) in [5.74, 6) is 0.0858. The molecular weight excluding hydrogens is 404 g/mol. The van der Waals surface area contributed by atoms with Gasteiger partial charge in [-0.3, -0.25) is 0 Å². The van der Waals surface area contributed by atoms with E-state index in [1.807, 2.05) is 0 Å². The summed E-state index contributed by atoms with van der Waals surface area (Å²) in [6.45, 7) is 0. The van der Waals surface area contributed by atoms with Crippen LogP contribution in [0.15, 0.2) is 0 Å². The molecule has 2 fully saturated rings. The van der Waals surface area contributed by atoms with E-state index in [1.54, 1.807) is 0 Å². The maximum absolute atomic E-state index is 6.44. The van der Waals surface area contributed by atoms with Crippen molar-refractivity contribution in [1.29, 1.82) is 0 Å². The quantitative estimate of drug-likeness (QED) is 0.523. The van der Waals surface area contributed by atoms with Crippen LogP contribution in [0.3, 0.4) is 0 Å². The lowest BCUT2D eigenvalue weighted by Gasteiger charge is -2.43. The van der Waals surface area contributed by atoms with Crippen LogP contribution in [0.2, 0.25) is 0 Å².